The predicted octanol–water partition coefficient (Wildman–Crippen LogP) is 3.71. The molecule has 0 spiro atoms. The molecule has 2 rings (SSSR count). The molecule has 4 heteroatoms. The van der Waals surface area contributed by atoms with Crippen LogP contribution < -0.4 is 0 Å². The van der Waals surface area contributed by atoms with Crippen molar-refractivity contribution in [1.29, 1.82) is 0 Å². The molecular formula is C12H12ClF2N. The van der Waals surface area contributed by atoms with E-state index in [0.29, 0.717) is 5.02 Å². The minimum absolute atomic E-state index is 0.168. The molecule has 0 unspecified atom stereocenters. The maximum absolute atomic E-state index is 13.0. The number of hydrogen-bond donors (Lipinski definition) is 0. The van der Waals surface area contributed by atoms with Crippen LogP contribution in [-0.2, 0) is 5.41 Å². The third-order valence-electron chi connectivity index (χ3n) is 2.94. The van der Waals surface area contributed by atoms with E-state index < -0.39 is 11.3 Å². The quantitative estimate of drug-likeness (QED) is 0.703. The Balaban J connectivity index is 2.32. The summed E-state index contributed by atoms with van der Waals surface area (Å²) in [5.74, 6) is -2.57. The number of rotatable bonds is 2. The molecule has 0 bridgehead atoms. The second kappa shape index (κ2) is 3.81. The van der Waals surface area contributed by atoms with Gasteiger partial charge in [-0.25, -0.2) is 8.78 Å². The maximum Gasteiger partial charge on any atom is 0.250 e. The SMILES string of the molecule is CN=CC1(c2ccc(Cl)cc2)CC(F)(F)C1. The topological polar surface area (TPSA) is 12.4 Å². The second-order valence-corrected chi connectivity index (χ2v) is 4.70. The lowest BCUT2D eigenvalue weighted by Gasteiger charge is -2.45. The van der Waals surface area contributed by atoms with Crippen molar-refractivity contribution in [2.24, 2.45) is 4.99 Å². The van der Waals surface area contributed by atoms with Crippen molar-refractivity contribution < 1.29 is 8.78 Å². The van der Waals surface area contributed by atoms with E-state index in [4.69, 9.17) is 11.6 Å². The van der Waals surface area contributed by atoms with Gasteiger partial charge in [-0.05, 0) is 17.7 Å². The molecular weight excluding hydrogens is 232 g/mol. The molecule has 1 saturated carbocycles. The minimum atomic E-state index is -2.57. The molecule has 1 fully saturated rings. The highest BCUT2D eigenvalue weighted by Crippen LogP contribution is 2.52. The summed E-state index contributed by atoms with van der Waals surface area (Å²) in [7, 11) is 1.61. The molecule has 1 aromatic carbocycles. The lowest BCUT2D eigenvalue weighted by atomic mass is 9.63. The largest absolute Gasteiger partial charge is 0.300 e. The fourth-order valence-electron chi connectivity index (χ4n) is 2.27. The normalized spacial score (nSPS) is 22.0. The highest BCUT2D eigenvalue weighted by Gasteiger charge is 2.56. The highest BCUT2D eigenvalue weighted by atomic mass is 35.5. The average Bonchev–Trinajstić information content (AvgIpc) is 2.16. The zero-order valence-corrected chi connectivity index (χ0v) is 9.64. The molecule has 0 saturated heterocycles. The minimum Gasteiger partial charge on any atom is -0.300 e. The van der Waals surface area contributed by atoms with Crippen molar-refractivity contribution in [2.75, 3.05) is 7.05 Å². The van der Waals surface area contributed by atoms with Gasteiger partial charge in [-0.3, -0.25) is 4.99 Å². The Bertz CT molecular complexity index is 404. The first-order chi connectivity index (χ1) is 7.47. The Morgan fingerprint density at radius 1 is 1.25 bits per heavy atom. The van der Waals surface area contributed by atoms with Gasteiger partial charge in [0.05, 0.1) is 0 Å². The van der Waals surface area contributed by atoms with Gasteiger partial charge in [0, 0.05) is 36.5 Å². The van der Waals surface area contributed by atoms with Crippen LogP contribution in [0, 0.1) is 0 Å². The van der Waals surface area contributed by atoms with Crippen LogP contribution in [0.1, 0.15) is 18.4 Å². The van der Waals surface area contributed by atoms with Crippen LogP contribution in [0.25, 0.3) is 0 Å². The van der Waals surface area contributed by atoms with E-state index >= 15 is 0 Å². The second-order valence-electron chi connectivity index (χ2n) is 4.26. The third kappa shape index (κ3) is 1.96. The molecule has 0 atom stereocenters. The zero-order chi connectivity index (χ0) is 11.8. The summed E-state index contributed by atoms with van der Waals surface area (Å²) in [6, 6.07) is 7.02. The molecule has 1 aliphatic rings. The molecule has 0 aliphatic heterocycles. The molecule has 1 aromatic rings. The van der Waals surface area contributed by atoms with Gasteiger partial charge in [0.1, 0.15) is 0 Å². The third-order valence-corrected chi connectivity index (χ3v) is 3.20. The lowest BCUT2D eigenvalue weighted by molar-refractivity contribution is -0.103. The highest BCUT2D eigenvalue weighted by molar-refractivity contribution is 6.30. The van der Waals surface area contributed by atoms with E-state index in [9.17, 15) is 8.78 Å². The molecule has 0 heterocycles. The van der Waals surface area contributed by atoms with Crippen LogP contribution in [0.15, 0.2) is 29.3 Å². The van der Waals surface area contributed by atoms with Gasteiger partial charge >= 0.3 is 0 Å². The van der Waals surface area contributed by atoms with Crippen LogP contribution in [-0.4, -0.2) is 19.2 Å². The van der Waals surface area contributed by atoms with E-state index in [-0.39, 0.29) is 12.8 Å². The fourth-order valence-corrected chi connectivity index (χ4v) is 2.40. The number of hydrogen-bond acceptors (Lipinski definition) is 1. The Morgan fingerprint density at radius 2 is 1.81 bits per heavy atom. The summed E-state index contributed by atoms with van der Waals surface area (Å²) in [6.07, 6.45) is 1.28. The van der Waals surface area contributed by atoms with Crippen molar-refractivity contribution in [2.45, 2.75) is 24.2 Å². The molecule has 0 radical (unpaired) electrons. The molecule has 1 nitrogen and oxygen atoms in total. The van der Waals surface area contributed by atoms with E-state index in [1.807, 2.05) is 0 Å². The van der Waals surface area contributed by atoms with Crippen molar-refractivity contribution in [1.82, 2.24) is 0 Å². The van der Waals surface area contributed by atoms with Gasteiger partial charge in [-0.1, -0.05) is 23.7 Å². The Morgan fingerprint density at radius 3 is 2.25 bits per heavy atom. The molecule has 86 valence electrons. The van der Waals surface area contributed by atoms with Gasteiger partial charge in [0.2, 0.25) is 0 Å². The molecule has 0 amide bonds. The van der Waals surface area contributed by atoms with Gasteiger partial charge in [-0.2, -0.15) is 0 Å². The Labute approximate surface area is 98.1 Å². The van der Waals surface area contributed by atoms with Crippen molar-refractivity contribution >= 4 is 17.8 Å². The first-order valence-electron chi connectivity index (χ1n) is 5.05. The van der Waals surface area contributed by atoms with E-state index in [1.54, 1.807) is 37.5 Å². The van der Waals surface area contributed by atoms with Crippen molar-refractivity contribution in [3.8, 4) is 0 Å². The Kier molecular flexibility index (Phi) is 2.74. The number of nitrogens with zero attached hydrogens (tertiary/aromatic N) is 1. The summed E-state index contributed by atoms with van der Waals surface area (Å²) < 4.78 is 26.1. The average molecular weight is 244 g/mol. The molecule has 0 aromatic heterocycles. The van der Waals surface area contributed by atoms with Crippen LogP contribution in [0.4, 0.5) is 8.78 Å². The number of alkyl halides is 2. The molecule has 16 heavy (non-hydrogen) atoms. The van der Waals surface area contributed by atoms with Crippen LogP contribution >= 0.6 is 11.6 Å². The maximum atomic E-state index is 13.0. The summed E-state index contributed by atoms with van der Waals surface area (Å²) in [4.78, 5) is 3.90. The smallest absolute Gasteiger partial charge is 0.250 e. The number of benzene rings is 1. The summed E-state index contributed by atoms with van der Waals surface area (Å²) in [5.41, 5.74) is 0.247. The summed E-state index contributed by atoms with van der Waals surface area (Å²) >= 11 is 5.77. The van der Waals surface area contributed by atoms with Gasteiger partial charge in [0.15, 0.2) is 0 Å². The number of aliphatic imine (C=N–C) groups is 1. The van der Waals surface area contributed by atoms with Crippen molar-refractivity contribution in [3.05, 3.63) is 34.9 Å². The van der Waals surface area contributed by atoms with Crippen LogP contribution in [0.3, 0.4) is 0 Å². The van der Waals surface area contributed by atoms with Crippen LogP contribution in [0.5, 0.6) is 0 Å². The molecule has 1 aliphatic carbocycles. The van der Waals surface area contributed by atoms with Gasteiger partial charge in [-0.15, -0.1) is 0 Å². The van der Waals surface area contributed by atoms with E-state index in [2.05, 4.69) is 4.99 Å². The first-order valence-corrected chi connectivity index (χ1v) is 5.42. The van der Waals surface area contributed by atoms with E-state index in [0.717, 1.165) is 5.56 Å². The van der Waals surface area contributed by atoms with Gasteiger partial charge in [0.25, 0.3) is 5.92 Å². The van der Waals surface area contributed by atoms with Gasteiger partial charge < -0.3 is 0 Å². The standard InChI is InChI=1S/C12H12ClF2N/c1-16-8-11(6-12(14,15)7-11)9-2-4-10(13)5-3-9/h2-5,8H,6-7H2,1H3. The predicted molar refractivity (Wildman–Crippen MR) is 61.7 cm³/mol. The summed E-state index contributed by atoms with van der Waals surface area (Å²) in [6.45, 7) is 0. The number of halogens is 3. The van der Waals surface area contributed by atoms with Crippen molar-refractivity contribution in [3.63, 3.8) is 0 Å². The monoisotopic (exact) mass is 243 g/mol. The Hall–Kier alpha value is -0.960. The fraction of sp³-hybridized carbons (Fsp3) is 0.417. The van der Waals surface area contributed by atoms with E-state index in [1.165, 1.54) is 0 Å². The van der Waals surface area contributed by atoms with Crippen LogP contribution in [0.2, 0.25) is 5.02 Å². The first kappa shape index (κ1) is 11.5. The zero-order valence-electron chi connectivity index (χ0n) is 8.88. The molecule has 0 N–H and O–H groups in total. The lowest BCUT2D eigenvalue weighted by Crippen LogP contribution is -2.50. The summed E-state index contributed by atoms with van der Waals surface area (Å²) in [5, 5.41) is 0.610.